The molecule has 4 heteroatoms. The third kappa shape index (κ3) is 7.04. The van der Waals surface area contributed by atoms with Crippen LogP contribution in [0.4, 0.5) is 0 Å². The number of aryl methyl sites for hydroxylation is 1. The summed E-state index contributed by atoms with van der Waals surface area (Å²) in [5, 5.41) is 15.4. The van der Waals surface area contributed by atoms with Gasteiger partial charge in [-0.05, 0) is 54.7 Å². The van der Waals surface area contributed by atoms with Gasteiger partial charge in [-0.3, -0.25) is 0 Å². The quantitative estimate of drug-likeness (QED) is 0.264. The van der Waals surface area contributed by atoms with Crippen molar-refractivity contribution in [2.75, 3.05) is 5.75 Å². The lowest BCUT2D eigenvalue weighted by atomic mass is 9.85. The maximum atomic E-state index is 10.3. The molecule has 1 N–H and O–H groups in total. The van der Waals surface area contributed by atoms with E-state index in [1.165, 1.54) is 62.7 Å². The van der Waals surface area contributed by atoms with Crippen molar-refractivity contribution in [2.45, 2.75) is 110 Å². The summed E-state index contributed by atoms with van der Waals surface area (Å²) >= 11 is 6.70. The number of rotatable bonds is 12. The highest BCUT2D eigenvalue weighted by Crippen LogP contribution is 2.57. The minimum absolute atomic E-state index is 0.0103. The Bertz CT molecular complexity index is 679. The van der Waals surface area contributed by atoms with Gasteiger partial charge >= 0.3 is 0 Å². The van der Waals surface area contributed by atoms with Gasteiger partial charge in [-0.15, -0.1) is 0 Å². The van der Waals surface area contributed by atoms with Crippen molar-refractivity contribution >= 4 is 35.3 Å². The molecule has 5 atom stereocenters. The fourth-order valence-electron chi connectivity index (χ4n) is 4.50. The van der Waals surface area contributed by atoms with Crippen LogP contribution in [0.25, 0.3) is 0 Å². The Hall–Kier alpha value is 0.0700. The summed E-state index contributed by atoms with van der Waals surface area (Å²) in [6.45, 7) is 6.46. The summed E-state index contributed by atoms with van der Waals surface area (Å²) < 4.78 is 0. The Labute approximate surface area is 191 Å². The van der Waals surface area contributed by atoms with E-state index in [1.54, 1.807) is 0 Å². The molecular weight excluding hydrogens is 412 g/mol. The molecule has 1 aromatic rings. The number of thioether (sulfide) groups is 3. The molecule has 0 radical (unpaired) electrons. The number of aromatic hydroxyl groups is 1. The van der Waals surface area contributed by atoms with Crippen LogP contribution in [0.2, 0.25) is 0 Å². The van der Waals surface area contributed by atoms with E-state index in [0.29, 0.717) is 5.75 Å². The third-order valence-electron chi connectivity index (χ3n) is 6.56. The van der Waals surface area contributed by atoms with E-state index >= 15 is 0 Å². The molecular formula is C25H38OS3. The summed E-state index contributed by atoms with van der Waals surface area (Å²) in [4.78, 5) is 0. The average molecular weight is 451 g/mol. The summed E-state index contributed by atoms with van der Waals surface area (Å²) in [7, 11) is 0. The molecule has 0 aromatic heterocycles. The summed E-state index contributed by atoms with van der Waals surface area (Å²) in [5.74, 6) is 1.91. The molecule has 162 valence electrons. The molecule has 5 unspecified atom stereocenters. The molecule has 3 heterocycles. The van der Waals surface area contributed by atoms with E-state index in [9.17, 15) is 5.11 Å². The molecule has 0 saturated carbocycles. The Morgan fingerprint density at radius 2 is 1.55 bits per heavy atom. The summed E-state index contributed by atoms with van der Waals surface area (Å²) in [6.07, 6.45) is 12.3. The Morgan fingerprint density at radius 1 is 0.897 bits per heavy atom. The van der Waals surface area contributed by atoms with Crippen molar-refractivity contribution in [1.82, 2.24) is 0 Å². The zero-order chi connectivity index (χ0) is 20.4. The first-order valence-corrected chi connectivity index (χ1v) is 14.6. The maximum absolute atomic E-state index is 10.3. The highest BCUT2D eigenvalue weighted by Gasteiger charge is 2.48. The van der Waals surface area contributed by atoms with Crippen LogP contribution in [-0.2, 0) is 11.8 Å². The van der Waals surface area contributed by atoms with Crippen LogP contribution >= 0.6 is 35.3 Å². The van der Waals surface area contributed by atoms with Crippen molar-refractivity contribution < 1.29 is 5.11 Å². The normalized spacial score (nSPS) is 30.4. The van der Waals surface area contributed by atoms with Crippen LogP contribution in [0.1, 0.15) is 83.3 Å². The highest BCUT2D eigenvalue weighted by molar-refractivity contribution is 8.09. The Balaban J connectivity index is 1.01. The van der Waals surface area contributed by atoms with Gasteiger partial charge in [0.15, 0.2) is 0 Å². The Morgan fingerprint density at radius 3 is 2.28 bits per heavy atom. The van der Waals surface area contributed by atoms with Crippen LogP contribution in [0.5, 0.6) is 5.75 Å². The van der Waals surface area contributed by atoms with Crippen molar-refractivity contribution in [2.24, 2.45) is 0 Å². The van der Waals surface area contributed by atoms with Crippen molar-refractivity contribution in [3.05, 3.63) is 29.3 Å². The minimum atomic E-state index is 0.0103. The zero-order valence-corrected chi connectivity index (χ0v) is 20.8. The predicted molar refractivity (Wildman–Crippen MR) is 134 cm³/mol. The van der Waals surface area contributed by atoms with Gasteiger partial charge in [-0.25, -0.2) is 0 Å². The first-order valence-electron chi connectivity index (χ1n) is 11.6. The van der Waals surface area contributed by atoms with Gasteiger partial charge in [0.2, 0.25) is 0 Å². The third-order valence-corrected chi connectivity index (χ3v) is 10.5. The number of phenols is 1. The maximum Gasteiger partial charge on any atom is 0.119 e. The van der Waals surface area contributed by atoms with Crippen LogP contribution in [0.3, 0.4) is 0 Å². The fraction of sp³-hybridized carbons (Fsp3) is 0.760. The number of hydrogen-bond donors (Lipinski definition) is 1. The molecule has 1 nitrogen and oxygen atoms in total. The molecule has 3 aliphatic heterocycles. The van der Waals surface area contributed by atoms with E-state index < -0.39 is 0 Å². The van der Waals surface area contributed by atoms with Gasteiger partial charge < -0.3 is 5.11 Å². The van der Waals surface area contributed by atoms with E-state index in [-0.39, 0.29) is 5.41 Å². The molecule has 3 saturated heterocycles. The lowest BCUT2D eigenvalue weighted by molar-refractivity contribution is 0.445. The summed E-state index contributed by atoms with van der Waals surface area (Å²) in [6, 6.07) is 6.30. The van der Waals surface area contributed by atoms with Crippen LogP contribution in [0, 0.1) is 0 Å². The number of unbranched alkanes of at least 4 members (excludes halogenated alkanes) is 4. The van der Waals surface area contributed by atoms with E-state index in [2.05, 4.69) is 68.2 Å². The molecule has 1 aromatic carbocycles. The molecule has 29 heavy (non-hydrogen) atoms. The molecule has 0 amide bonds. The predicted octanol–water partition coefficient (Wildman–Crippen LogP) is 7.44. The molecule has 0 spiro atoms. The largest absolute Gasteiger partial charge is 0.508 e. The van der Waals surface area contributed by atoms with E-state index in [1.807, 2.05) is 6.07 Å². The SMILES string of the molecule is CC(C)(C)c1ccc(CCCCCCCC2SC2CC2SC2CC2CS2)cc1O. The topological polar surface area (TPSA) is 20.2 Å². The molecule has 0 aliphatic carbocycles. The average Bonchev–Trinajstić information content (AvgIpc) is 3.52. The molecule has 3 fully saturated rings. The van der Waals surface area contributed by atoms with E-state index in [4.69, 9.17) is 0 Å². The standard InChI is InChI=1S/C25H38OS3/c1-25(2,3)19-12-11-17(13-20(19)26)9-7-5-4-6-8-10-21-23(28-21)15-24-22(29-24)14-18-16-27-18/h11-13,18,21-24,26H,4-10,14-16H2,1-3H3. The lowest BCUT2D eigenvalue weighted by Crippen LogP contribution is -2.11. The van der Waals surface area contributed by atoms with Gasteiger partial charge in [-0.2, -0.15) is 35.3 Å². The highest BCUT2D eigenvalue weighted by atomic mass is 32.2. The molecule has 3 aliphatic rings. The molecule has 4 rings (SSSR count). The Kier molecular flexibility index (Phi) is 7.44. The molecule has 0 bridgehead atoms. The van der Waals surface area contributed by atoms with Crippen molar-refractivity contribution in [3.63, 3.8) is 0 Å². The first-order chi connectivity index (χ1) is 13.9. The zero-order valence-electron chi connectivity index (χ0n) is 18.4. The van der Waals surface area contributed by atoms with Gasteiger partial charge in [0.1, 0.15) is 5.75 Å². The monoisotopic (exact) mass is 450 g/mol. The number of phenolic OH excluding ortho intramolecular Hbond substituents is 1. The van der Waals surface area contributed by atoms with Gasteiger partial charge in [0, 0.05) is 32.0 Å². The van der Waals surface area contributed by atoms with Crippen LogP contribution in [0.15, 0.2) is 18.2 Å². The second-order valence-electron chi connectivity index (χ2n) is 10.3. The number of benzene rings is 1. The minimum Gasteiger partial charge on any atom is -0.508 e. The van der Waals surface area contributed by atoms with E-state index in [0.717, 1.165) is 38.2 Å². The van der Waals surface area contributed by atoms with Gasteiger partial charge in [0.25, 0.3) is 0 Å². The van der Waals surface area contributed by atoms with Crippen molar-refractivity contribution in [1.29, 1.82) is 0 Å². The second-order valence-corrected chi connectivity index (χ2v) is 14.6. The van der Waals surface area contributed by atoms with Gasteiger partial charge in [-0.1, -0.05) is 58.6 Å². The smallest absolute Gasteiger partial charge is 0.119 e. The van der Waals surface area contributed by atoms with Crippen LogP contribution in [-0.4, -0.2) is 37.1 Å². The van der Waals surface area contributed by atoms with Crippen molar-refractivity contribution in [3.8, 4) is 5.75 Å². The van der Waals surface area contributed by atoms with Crippen LogP contribution < -0.4 is 0 Å². The van der Waals surface area contributed by atoms with Gasteiger partial charge in [0.05, 0.1) is 0 Å². The number of hydrogen-bond acceptors (Lipinski definition) is 4. The lowest BCUT2D eigenvalue weighted by Gasteiger charge is -2.20. The summed E-state index contributed by atoms with van der Waals surface area (Å²) in [5.41, 5.74) is 2.34. The first kappa shape index (κ1) is 22.3. The second kappa shape index (κ2) is 9.69. The fourth-order valence-corrected chi connectivity index (χ4v) is 7.83.